The molecule has 1 atom stereocenters. The van der Waals surface area contributed by atoms with E-state index in [-0.39, 0.29) is 0 Å². The largest absolute Gasteiger partial charge is 0.367 e. The lowest BCUT2D eigenvalue weighted by molar-refractivity contribution is 0.623. The van der Waals surface area contributed by atoms with Crippen LogP contribution in [0.2, 0.25) is 0 Å². The molecule has 1 unspecified atom stereocenters. The summed E-state index contributed by atoms with van der Waals surface area (Å²) in [5, 5.41) is 17.3. The van der Waals surface area contributed by atoms with Crippen molar-refractivity contribution in [2.45, 2.75) is 51.6 Å². The van der Waals surface area contributed by atoms with E-state index in [0.717, 1.165) is 31.0 Å². The van der Waals surface area contributed by atoms with E-state index in [1.807, 2.05) is 4.52 Å². The number of rotatable bonds is 4. The van der Waals surface area contributed by atoms with Crippen molar-refractivity contribution in [1.29, 1.82) is 5.26 Å². The van der Waals surface area contributed by atoms with E-state index in [1.165, 1.54) is 18.4 Å². The van der Waals surface area contributed by atoms with Gasteiger partial charge in [-0.3, -0.25) is 0 Å². The Hall–Kier alpha value is -2.29. The second-order valence-electron chi connectivity index (χ2n) is 6.29. The van der Waals surface area contributed by atoms with E-state index < -0.39 is 0 Å². The summed E-state index contributed by atoms with van der Waals surface area (Å²) >= 11 is 0. The lowest BCUT2D eigenvalue weighted by Crippen LogP contribution is -2.32. The molecule has 2 aromatic heterocycles. The van der Waals surface area contributed by atoms with Crippen LogP contribution in [-0.2, 0) is 6.42 Å². The van der Waals surface area contributed by atoms with Crippen molar-refractivity contribution >= 4 is 17.3 Å². The van der Waals surface area contributed by atoms with Crippen LogP contribution in [0.3, 0.4) is 0 Å². The molecule has 0 bridgehead atoms. The van der Waals surface area contributed by atoms with Gasteiger partial charge >= 0.3 is 0 Å². The molecular weight excluding hydrogens is 276 g/mol. The molecule has 1 N–H and O–H groups in total. The topological polar surface area (TPSA) is 69.2 Å². The van der Waals surface area contributed by atoms with Gasteiger partial charge < -0.3 is 10.2 Å². The van der Waals surface area contributed by atoms with Crippen LogP contribution in [0.5, 0.6) is 0 Å². The molecule has 0 saturated heterocycles. The van der Waals surface area contributed by atoms with E-state index in [4.69, 9.17) is 4.98 Å². The molecule has 2 aliphatic rings. The number of fused-ring (bicyclic) bond motifs is 3. The van der Waals surface area contributed by atoms with Gasteiger partial charge in [0.05, 0.1) is 6.20 Å². The summed E-state index contributed by atoms with van der Waals surface area (Å²) in [5.74, 6) is 2.07. The molecular formula is C16H20N6. The lowest BCUT2D eigenvalue weighted by atomic mass is 10.2. The fourth-order valence-electron chi connectivity index (χ4n) is 3.14. The van der Waals surface area contributed by atoms with E-state index in [2.05, 4.69) is 35.2 Å². The predicted octanol–water partition coefficient (Wildman–Crippen LogP) is 2.34. The summed E-state index contributed by atoms with van der Waals surface area (Å²) in [6.45, 7) is 5.44. The van der Waals surface area contributed by atoms with Crippen molar-refractivity contribution in [2.75, 3.05) is 16.8 Å². The summed E-state index contributed by atoms with van der Waals surface area (Å²) in [5.41, 5.74) is 2.45. The Morgan fingerprint density at radius 2 is 2.32 bits per heavy atom. The Kier molecular flexibility index (Phi) is 2.96. The maximum absolute atomic E-state index is 9.30. The Labute approximate surface area is 129 Å². The average Bonchev–Trinajstić information content (AvgIpc) is 3.09. The van der Waals surface area contributed by atoms with Crippen molar-refractivity contribution in [1.82, 2.24) is 14.6 Å². The lowest BCUT2D eigenvalue weighted by Gasteiger charge is -2.26. The van der Waals surface area contributed by atoms with E-state index in [0.29, 0.717) is 23.3 Å². The number of aromatic nitrogens is 3. The Morgan fingerprint density at radius 1 is 1.50 bits per heavy atom. The first-order chi connectivity index (χ1) is 10.7. The molecule has 3 heterocycles. The van der Waals surface area contributed by atoms with Crippen molar-refractivity contribution in [2.24, 2.45) is 0 Å². The normalized spacial score (nSPS) is 18.3. The molecule has 0 radical (unpaired) electrons. The zero-order valence-corrected chi connectivity index (χ0v) is 13.0. The first kappa shape index (κ1) is 13.4. The van der Waals surface area contributed by atoms with Gasteiger partial charge in [-0.2, -0.15) is 14.9 Å². The Morgan fingerprint density at radius 3 is 3.00 bits per heavy atom. The number of anilines is 2. The number of hydrogen-bond donors (Lipinski definition) is 1. The molecule has 1 saturated carbocycles. The highest BCUT2D eigenvalue weighted by Crippen LogP contribution is 2.37. The van der Waals surface area contributed by atoms with Gasteiger partial charge in [0.25, 0.3) is 0 Å². The summed E-state index contributed by atoms with van der Waals surface area (Å²) in [6.07, 6.45) is 6.11. The van der Waals surface area contributed by atoms with Gasteiger partial charge in [-0.05, 0) is 32.6 Å². The fourth-order valence-corrected chi connectivity index (χ4v) is 3.14. The highest BCUT2D eigenvalue weighted by Gasteiger charge is 2.32. The highest BCUT2D eigenvalue weighted by molar-refractivity contribution is 5.71. The zero-order valence-electron chi connectivity index (χ0n) is 13.0. The third-order valence-corrected chi connectivity index (χ3v) is 4.75. The number of nitrogens with one attached hydrogen (secondary N) is 1. The minimum atomic E-state index is 0.454. The molecule has 4 rings (SSSR count). The zero-order chi connectivity index (χ0) is 15.3. The average molecular weight is 296 g/mol. The molecule has 0 amide bonds. The maximum Gasteiger partial charge on any atom is 0.177 e. The summed E-state index contributed by atoms with van der Waals surface area (Å²) in [6, 6.07) is 3.20. The van der Waals surface area contributed by atoms with Crippen LogP contribution in [0.1, 0.15) is 44.2 Å². The Balaban J connectivity index is 1.92. The van der Waals surface area contributed by atoms with Crippen LogP contribution in [-0.4, -0.2) is 33.2 Å². The smallest absolute Gasteiger partial charge is 0.177 e. The van der Waals surface area contributed by atoms with Crippen LogP contribution in [0.4, 0.5) is 11.6 Å². The van der Waals surface area contributed by atoms with E-state index in [1.54, 1.807) is 6.20 Å². The molecule has 0 spiro atoms. The van der Waals surface area contributed by atoms with Crippen molar-refractivity contribution in [3.05, 3.63) is 17.3 Å². The third-order valence-electron chi connectivity index (χ3n) is 4.75. The molecule has 114 valence electrons. The van der Waals surface area contributed by atoms with Gasteiger partial charge in [0, 0.05) is 24.2 Å². The van der Waals surface area contributed by atoms with Gasteiger partial charge in [-0.1, -0.05) is 6.92 Å². The molecule has 1 aliphatic heterocycles. The van der Waals surface area contributed by atoms with Crippen LogP contribution < -0.4 is 10.2 Å². The summed E-state index contributed by atoms with van der Waals surface area (Å²) < 4.78 is 1.85. The first-order valence-electron chi connectivity index (χ1n) is 8.06. The van der Waals surface area contributed by atoms with Crippen molar-refractivity contribution in [3.63, 3.8) is 0 Å². The molecule has 22 heavy (non-hydrogen) atoms. The van der Waals surface area contributed by atoms with Gasteiger partial charge in [0.2, 0.25) is 0 Å². The standard InChI is InChI=1S/C16H20N6/c1-3-10(2)21-7-6-13-14(19-12-4-5-12)20-15-11(8-17)9-18-22(15)16(13)21/h9-10,12H,3-7H2,1-2H3,(H,19,20). The quantitative estimate of drug-likeness (QED) is 0.937. The van der Waals surface area contributed by atoms with E-state index in [9.17, 15) is 5.26 Å². The monoisotopic (exact) mass is 296 g/mol. The van der Waals surface area contributed by atoms with Crippen molar-refractivity contribution < 1.29 is 0 Å². The predicted molar refractivity (Wildman–Crippen MR) is 85.1 cm³/mol. The second-order valence-corrected chi connectivity index (χ2v) is 6.29. The van der Waals surface area contributed by atoms with Crippen LogP contribution in [0.25, 0.3) is 5.65 Å². The molecule has 6 heteroatoms. The fraction of sp³-hybridized carbons (Fsp3) is 0.562. The Bertz CT molecular complexity index is 767. The van der Waals surface area contributed by atoms with Crippen LogP contribution in [0.15, 0.2) is 6.20 Å². The van der Waals surface area contributed by atoms with Gasteiger partial charge in [-0.25, -0.2) is 4.98 Å². The maximum atomic E-state index is 9.30. The van der Waals surface area contributed by atoms with Crippen LogP contribution >= 0.6 is 0 Å². The van der Waals surface area contributed by atoms with Gasteiger partial charge in [-0.15, -0.1) is 0 Å². The van der Waals surface area contributed by atoms with Crippen LogP contribution in [0, 0.1) is 11.3 Å². The van der Waals surface area contributed by atoms with E-state index >= 15 is 0 Å². The number of nitriles is 1. The number of hydrogen-bond acceptors (Lipinski definition) is 5. The van der Waals surface area contributed by atoms with Crippen molar-refractivity contribution in [3.8, 4) is 6.07 Å². The first-order valence-corrected chi connectivity index (χ1v) is 8.06. The minimum absolute atomic E-state index is 0.454. The highest BCUT2D eigenvalue weighted by atomic mass is 15.4. The van der Waals surface area contributed by atoms with Gasteiger partial charge in [0.1, 0.15) is 23.3 Å². The SMILES string of the molecule is CCC(C)N1CCc2c(NC3CC3)nc3c(C#N)cnn3c21. The molecule has 2 aromatic rings. The third kappa shape index (κ3) is 1.92. The van der Waals surface area contributed by atoms with Gasteiger partial charge in [0.15, 0.2) is 5.65 Å². The molecule has 6 nitrogen and oxygen atoms in total. The summed E-state index contributed by atoms with van der Waals surface area (Å²) in [7, 11) is 0. The number of nitrogens with zero attached hydrogens (tertiary/aromatic N) is 5. The molecule has 0 aromatic carbocycles. The minimum Gasteiger partial charge on any atom is -0.367 e. The second kappa shape index (κ2) is 4.87. The molecule has 1 aliphatic carbocycles. The molecule has 1 fully saturated rings. The summed E-state index contributed by atoms with van der Waals surface area (Å²) in [4.78, 5) is 7.12.